The Morgan fingerprint density at radius 1 is 1.08 bits per heavy atom. The molecule has 9 nitrogen and oxygen atoms in total. The monoisotopic (exact) mass is 704 g/mol. The molecular weight excluding hydrogens is 663 g/mol. The molecule has 3 aromatic carbocycles. The van der Waals surface area contributed by atoms with Gasteiger partial charge in [-0.3, -0.25) is 4.79 Å². The van der Waals surface area contributed by atoms with Gasteiger partial charge in [-0.25, -0.2) is 26.9 Å². The number of nitrogens with zero attached hydrogens (tertiary/aromatic N) is 3. The van der Waals surface area contributed by atoms with Crippen LogP contribution in [0.15, 0.2) is 60.8 Å². The molecule has 264 valence electrons. The van der Waals surface area contributed by atoms with Gasteiger partial charge in [0.05, 0.1) is 28.4 Å². The van der Waals surface area contributed by atoms with E-state index in [1.807, 2.05) is 45.0 Å². The molecule has 5 aromatic rings. The summed E-state index contributed by atoms with van der Waals surface area (Å²) < 4.78 is 66.1. The van der Waals surface area contributed by atoms with E-state index >= 15 is 8.78 Å². The first kappa shape index (κ1) is 35.3. The van der Waals surface area contributed by atoms with Crippen LogP contribution >= 0.6 is 0 Å². The number of fused-ring (bicyclic) bond motifs is 8. The molecule has 12 heteroatoms. The summed E-state index contributed by atoms with van der Waals surface area (Å²) in [6.07, 6.45) is 3.76. The molecule has 3 heterocycles. The molecule has 0 radical (unpaired) electrons. The Kier molecular flexibility index (Phi) is 9.36. The minimum atomic E-state index is -3.59. The molecule has 6 rings (SSSR count). The van der Waals surface area contributed by atoms with Crippen molar-refractivity contribution in [2.75, 3.05) is 11.5 Å². The molecule has 50 heavy (non-hydrogen) atoms. The highest BCUT2D eigenvalue weighted by Gasteiger charge is 2.36. The number of aromatic nitrogens is 4. The van der Waals surface area contributed by atoms with Crippen LogP contribution in [0.2, 0.25) is 0 Å². The van der Waals surface area contributed by atoms with Crippen molar-refractivity contribution in [3.63, 3.8) is 0 Å². The fraction of sp³-hybridized carbons (Fsp3) is 0.395. The van der Waals surface area contributed by atoms with Crippen molar-refractivity contribution in [1.82, 2.24) is 19.7 Å². The quantitative estimate of drug-likeness (QED) is 0.196. The fourth-order valence-corrected chi connectivity index (χ4v) is 9.07. The van der Waals surface area contributed by atoms with Crippen molar-refractivity contribution in [2.45, 2.75) is 65.2 Å². The van der Waals surface area contributed by atoms with E-state index in [1.54, 1.807) is 26.2 Å². The number of nitrogens with one attached hydrogen (secondary N) is 1. The molecule has 1 unspecified atom stereocenters. The largest absolute Gasteiger partial charge is 0.481 e. The Labute approximate surface area is 290 Å². The Balaban J connectivity index is 1.50. The summed E-state index contributed by atoms with van der Waals surface area (Å²) in [5.41, 5.74) is 1.36. The zero-order valence-electron chi connectivity index (χ0n) is 28.9. The number of aromatic amines is 1. The molecule has 1 aliphatic heterocycles. The number of ether oxygens (including phenoxy) is 1. The lowest BCUT2D eigenvalue weighted by molar-refractivity contribution is -0.141. The van der Waals surface area contributed by atoms with Gasteiger partial charge in [-0.1, -0.05) is 51.5 Å². The molecule has 0 fully saturated rings. The van der Waals surface area contributed by atoms with Crippen LogP contribution in [0, 0.1) is 23.0 Å². The maximum Gasteiger partial charge on any atom is 0.306 e. The van der Waals surface area contributed by atoms with Gasteiger partial charge in [0.2, 0.25) is 0 Å². The number of H-pyrrole nitrogens is 1. The molecular formula is C38H42F2N4O5S. The van der Waals surface area contributed by atoms with Gasteiger partial charge >= 0.3 is 5.97 Å². The van der Waals surface area contributed by atoms with Crippen LogP contribution < -0.4 is 4.74 Å². The smallest absolute Gasteiger partial charge is 0.306 e. The normalized spacial score (nSPS) is 19.9. The summed E-state index contributed by atoms with van der Waals surface area (Å²) in [4.78, 5) is 19.5. The predicted molar refractivity (Wildman–Crippen MR) is 188 cm³/mol. The van der Waals surface area contributed by atoms with E-state index in [0.717, 1.165) is 11.1 Å². The molecule has 2 aromatic heterocycles. The first-order valence-electron chi connectivity index (χ1n) is 16.8. The van der Waals surface area contributed by atoms with Crippen molar-refractivity contribution in [3.05, 3.63) is 94.9 Å². The van der Waals surface area contributed by atoms with E-state index in [-0.39, 0.29) is 40.8 Å². The van der Waals surface area contributed by atoms with Crippen molar-refractivity contribution in [1.29, 1.82) is 0 Å². The van der Waals surface area contributed by atoms with Crippen LogP contribution in [0.4, 0.5) is 8.78 Å². The van der Waals surface area contributed by atoms with Crippen molar-refractivity contribution < 1.29 is 31.8 Å². The number of sulfone groups is 1. The van der Waals surface area contributed by atoms with Gasteiger partial charge in [-0.2, -0.15) is 5.10 Å². The predicted octanol–water partition coefficient (Wildman–Crippen LogP) is 7.77. The average Bonchev–Trinajstić information content (AvgIpc) is 3.67. The maximum atomic E-state index is 15.7. The topological polar surface area (TPSA) is 127 Å². The Morgan fingerprint density at radius 3 is 2.62 bits per heavy atom. The van der Waals surface area contributed by atoms with Crippen molar-refractivity contribution in [2.24, 2.45) is 18.4 Å². The number of aryl methyl sites for hydroxylation is 2. The molecule has 4 bridgehead atoms. The lowest BCUT2D eigenvalue weighted by Gasteiger charge is -2.31. The third-order valence-electron chi connectivity index (χ3n) is 9.85. The van der Waals surface area contributed by atoms with Gasteiger partial charge in [0, 0.05) is 35.8 Å². The zero-order valence-corrected chi connectivity index (χ0v) is 29.7. The summed E-state index contributed by atoms with van der Waals surface area (Å²) in [7, 11) is -1.92. The molecule has 0 amide bonds. The molecule has 0 spiro atoms. The fourth-order valence-electron chi connectivity index (χ4n) is 7.08. The number of hydrogen-bond donors (Lipinski definition) is 2. The SMILES string of the molecule is C[C@H](Cc1cccc(C2(C)CCCC(C)(C)CS(=O)(=O)CCc3c(c(F)cc4[nH]ccc34)Oc3ccc(F)c(c3)-c3nc2nn3C)c1)C(=O)O. The lowest BCUT2D eigenvalue weighted by atomic mass is 9.75. The van der Waals surface area contributed by atoms with Gasteiger partial charge in [-0.15, -0.1) is 0 Å². The second kappa shape index (κ2) is 13.3. The molecule has 0 saturated carbocycles. The highest BCUT2D eigenvalue weighted by atomic mass is 32.2. The minimum absolute atomic E-state index is 0.0233. The summed E-state index contributed by atoms with van der Waals surface area (Å²) in [5, 5.41) is 15.0. The number of aliphatic carboxylic acids is 1. The number of benzene rings is 3. The standard InChI is InChI=1S/C38H42F2N4O5S/c1-23(35(45)46)18-24-8-6-9-25(19-24)38(4)15-7-14-37(2,3)22-50(47,48)17-13-28-27-12-16-41-32(27)21-31(40)33(28)49-26-10-11-30(39)29(20-26)34-42-36(38)43-44(34)5/h6,8-12,16,19-21,23,41H,7,13-15,17-18,22H2,1-5H3,(H,45,46)/t23-,38?/m1/s1. The minimum Gasteiger partial charge on any atom is -0.481 e. The molecule has 0 saturated heterocycles. The zero-order chi connectivity index (χ0) is 36.0. The lowest BCUT2D eigenvalue weighted by Crippen LogP contribution is -2.29. The van der Waals surface area contributed by atoms with E-state index in [1.165, 1.54) is 28.9 Å². The number of carboxylic acids is 1. The number of rotatable bonds is 4. The molecule has 2 atom stereocenters. The van der Waals surface area contributed by atoms with Crippen LogP contribution in [0.3, 0.4) is 0 Å². The van der Waals surface area contributed by atoms with Crippen molar-refractivity contribution >= 4 is 26.7 Å². The number of carbonyl (C=O) groups is 1. The van der Waals surface area contributed by atoms with Crippen LogP contribution in [0.1, 0.15) is 69.5 Å². The van der Waals surface area contributed by atoms with Crippen LogP contribution in [-0.2, 0) is 39.9 Å². The first-order chi connectivity index (χ1) is 23.5. The van der Waals surface area contributed by atoms with Gasteiger partial charge in [0.1, 0.15) is 11.6 Å². The summed E-state index contributed by atoms with van der Waals surface area (Å²) >= 11 is 0. The van der Waals surface area contributed by atoms with Gasteiger partial charge in [0.25, 0.3) is 0 Å². The van der Waals surface area contributed by atoms with Crippen LogP contribution in [0.5, 0.6) is 11.5 Å². The Morgan fingerprint density at radius 2 is 1.86 bits per heavy atom. The summed E-state index contributed by atoms with van der Waals surface area (Å²) in [5.74, 6) is -2.28. The van der Waals surface area contributed by atoms with Crippen LogP contribution in [0.25, 0.3) is 22.3 Å². The van der Waals surface area contributed by atoms with E-state index in [2.05, 4.69) is 4.98 Å². The number of hydrogen-bond acceptors (Lipinski definition) is 6. The second-order valence-corrected chi connectivity index (χ2v) is 16.8. The Hall–Kier alpha value is -4.58. The molecule has 0 aliphatic carbocycles. The third kappa shape index (κ3) is 7.17. The van der Waals surface area contributed by atoms with Gasteiger partial charge < -0.3 is 14.8 Å². The van der Waals surface area contributed by atoms with Gasteiger partial charge in [-0.05, 0) is 73.4 Å². The Bertz CT molecular complexity index is 2190. The van der Waals surface area contributed by atoms with E-state index in [0.29, 0.717) is 48.0 Å². The average molecular weight is 705 g/mol. The highest BCUT2D eigenvalue weighted by Crippen LogP contribution is 2.41. The second-order valence-electron chi connectivity index (χ2n) is 14.6. The maximum absolute atomic E-state index is 15.7. The van der Waals surface area contributed by atoms with Crippen molar-refractivity contribution in [3.8, 4) is 22.9 Å². The summed E-state index contributed by atoms with van der Waals surface area (Å²) in [6, 6.07) is 14.8. The molecule has 1 aliphatic rings. The number of carboxylic acid groups (broad SMARTS) is 1. The van der Waals surface area contributed by atoms with E-state index in [4.69, 9.17) is 14.8 Å². The van der Waals surface area contributed by atoms with E-state index in [9.17, 15) is 18.3 Å². The number of halogens is 2. The molecule has 2 N–H and O–H groups in total. The van der Waals surface area contributed by atoms with E-state index < -0.39 is 44.2 Å². The first-order valence-corrected chi connectivity index (χ1v) is 18.6. The van der Waals surface area contributed by atoms with Gasteiger partial charge in [0.15, 0.2) is 33.1 Å². The third-order valence-corrected chi connectivity index (χ3v) is 11.9. The summed E-state index contributed by atoms with van der Waals surface area (Å²) in [6.45, 7) is 7.53. The highest BCUT2D eigenvalue weighted by molar-refractivity contribution is 7.91. The van der Waals surface area contributed by atoms with Crippen LogP contribution in [-0.4, -0.2) is 50.7 Å².